The van der Waals surface area contributed by atoms with Gasteiger partial charge in [-0.1, -0.05) is 35.9 Å². The van der Waals surface area contributed by atoms with E-state index in [0.717, 1.165) is 5.56 Å². The first-order valence-electron chi connectivity index (χ1n) is 7.89. The van der Waals surface area contributed by atoms with Crippen molar-refractivity contribution in [3.63, 3.8) is 0 Å². The van der Waals surface area contributed by atoms with Gasteiger partial charge in [0.25, 0.3) is 11.8 Å². The van der Waals surface area contributed by atoms with Crippen LogP contribution in [0.15, 0.2) is 48.5 Å². The minimum atomic E-state index is -0.657. The van der Waals surface area contributed by atoms with E-state index >= 15 is 0 Å². The second kappa shape index (κ2) is 8.53. The smallest absolute Gasteiger partial charge is 0.263 e. The molecule has 0 fully saturated rings. The average molecular weight is 361 g/mol. The third-order valence-corrected chi connectivity index (χ3v) is 4.04. The quantitative estimate of drug-likeness (QED) is 0.861. The molecule has 0 heterocycles. The number of hydrogen-bond donors (Lipinski definition) is 1. The van der Waals surface area contributed by atoms with E-state index in [1.165, 1.54) is 0 Å². The van der Waals surface area contributed by atoms with Crippen molar-refractivity contribution in [3.05, 3.63) is 64.7 Å². The number of likely N-dealkylation sites (N-methyl/N-ethyl adjacent to an activating group) is 1. The average Bonchev–Trinajstić information content (AvgIpc) is 2.62. The summed E-state index contributed by atoms with van der Waals surface area (Å²) in [5, 5.41) is 3.04. The molecule has 0 spiro atoms. The fourth-order valence-corrected chi connectivity index (χ4v) is 2.53. The molecule has 2 aromatic rings. The molecule has 0 radical (unpaired) electrons. The number of carbonyl (C=O) groups is 2. The maximum Gasteiger partial charge on any atom is 0.263 e. The first kappa shape index (κ1) is 18.8. The summed E-state index contributed by atoms with van der Waals surface area (Å²) in [6.07, 6.45) is -0.657. The standard InChI is InChI=1S/C19H21ClN2O3/c1-13(25-17-7-5-4-6-16(17)20)19(24)22(3)12-14-8-10-15(11-9-14)18(23)21-2/h4-11,13H,12H2,1-3H3,(H,21,23). The Bertz CT molecular complexity index is 747. The van der Waals surface area contributed by atoms with Crippen LogP contribution in [0.25, 0.3) is 0 Å². The Morgan fingerprint density at radius 3 is 2.40 bits per heavy atom. The molecular weight excluding hydrogens is 340 g/mol. The van der Waals surface area contributed by atoms with Gasteiger partial charge in [0.15, 0.2) is 6.10 Å². The number of ether oxygens (including phenoxy) is 1. The summed E-state index contributed by atoms with van der Waals surface area (Å²) in [7, 11) is 3.30. The highest BCUT2D eigenvalue weighted by Crippen LogP contribution is 2.24. The molecule has 1 unspecified atom stereocenters. The van der Waals surface area contributed by atoms with Gasteiger partial charge in [0, 0.05) is 26.2 Å². The van der Waals surface area contributed by atoms with Gasteiger partial charge in [-0.05, 0) is 36.8 Å². The van der Waals surface area contributed by atoms with Crippen molar-refractivity contribution >= 4 is 23.4 Å². The van der Waals surface area contributed by atoms with Crippen molar-refractivity contribution in [2.75, 3.05) is 14.1 Å². The number of benzene rings is 2. The Morgan fingerprint density at radius 2 is 1.80 bits per heavy atom. The Balaban J connectivity index is 1.97. The number of rotatable bonds is 6. The molecule has 2 amide bonds. The number of carbonyl (C=O) groups excluding carboxylic acids is 2. The summed E-state index contributed by atoms with van der Waals surface area (Å²) >= 11 is 6.05. The van der Waals surface area contributed by atoms with E-state index in [-0.39, 0.29) is 11.8 Å². The van der Waals surface area contributed by atoms with Gasteiger partial charge >= 0.3 is 0 Å². The van der Waals surface area contributed by atoms with Crippen LogP contribution in [0, 0.1) is 0 Å². The molecule has 2 aromatic carbocycles. The monoisotopic (exact) mass is 360 g/mol. The molecule has 5 nitrogen and oxygen atoms in total. The van der Waals surface area contributed by atoms with E-state index in [4.69, 9.17) is 16.3 Å². The van der Waals surface area contributed by atoms with Crippen molar-refractivity contribution < 1.29 is 14.3 Å². The summed E-state index contributed by atoms with van der Waals surface area (Å²) in [6, 6.07) is 14.2. The van der Waals surface area contributed by atoms with E-state index in [9.17, 15) is 9.59 Å². The molecule has 1 atom stereocenters. The lowest BCUT2D eigenvalue weighted by Crippen LogP contribution is -2.37. The van der Waals surface area contributed by atoms with Crippen LogP contribution in [0.3, 0.4) is 0 Å². The third kappa shape index (κ3) is 4.97. The van der Waals surface area contributed by atoms with E-state index < -0.39 is 6.10 Å². The van der Waals surface area contributed by atoms with E-state index in [1.807, 2.05) is 12.1 Å². The van der Waals surface area contributed by atoms with Crippen LogP contribution in [0.1, 0.15) is 22.8 Å². The van der Waals surface area contributed by atoms with Crippen LogP contribution in [0.5, 0.6) is 5.75 Å². The zero-order valence-corrected chi connectivity index (χ0v) is 15.2. The normalized spacial score (nSPS) is 11.5. The van der Waals surface area contributed by atoms with E-state index in [1.54, 1.807) is 62.3 Å². The van der Waals surface area contributed by atoms with Gasteiger partial charge in [-0.15, -0.1) is 0 Å². The molecule has 0 aliphatic heterocycles. The predicted octanol–water partition coefficient (Wildman–Crippen LogP) is 3.13. The van der Waals surface area contributed by atoms with Crippen LogP contribution < -0.4 is 10.1 Å². The fraction of sp³-hybridized carbons (Fsp3) is 0.263. The predicted molar refractivity (Wildman–Crippen MR) is 97.8 cm³/mol. The summed E-state index contributed by atoms with van der Waals surface area (Å²) in [5.41, 5.74) is 1.50. The lowest BCUT2D eigenvalue weighted by molar-refractivity contribution is -0.137. The molecule has 0 saturated carbocycles. The molecule has 0 saturated heterocycles. The first-order chi connectivity index (χ1) is 11.9. The second-order valence-corrected chi connectivity index (χ2v) is 6.07. The molecule has 0 bridgehead atoms. The fourth-order valence-electron chi connectivity index (χ4n) is 2.35. The Hall–Kier alpha value is -2.53. The van der Waals surface area contributed by atoms with Crippen LogP contribution in [-0.2, 0) is 11.3 Å². The lowest BCUT2D eigenvalue weighted by Gasteiger charge is -2.22. The van der Waals surface area contributed by atoms with Gasteiger partial charge < -0.3 is 15.0 Å². The zero-order valence-electron chi connectivity index (χ0n) is 14.5. The van der Waals surface area contributed by atoms with Gasteiger partial charge in [-0.2, -0.15) is 0 Å². The summed E-state index contributed by atoms with van der Waals surface area (Å²) in [5.74, 6) is 0.182. The van der Waals surface area contributed by atoms with Crippen molar-refractivity contribution in [2.45, 2.75) is 19.6 Å². The maximum atomic E-state index is 12.5. The minimum absolute atomic E-state index is 0.141. The number of nitrogens with one attached hydrogen (secondary N) is 1. The number of hydrogen-bond acceptors (Lipinski definition) is 3. The van der Waals surface area contributed by atoms with E-state index in [0.29, 0.717) is 22.9 Å². The molecule has 1 N–H and O–H groups in total. The summed E-state index contributed by atoms with van der Waals surface area (Å²) in [6.45, 7) is 2.11. The molecule has 25 heavy (non-hydrogen) atoms. The Labute approximate surface area is 152 Å². The number of halogens is 1. The Morgan fingerprint density at radius 1 is 1.16 bits per heavy atom. The Kier molecular flexibility index (Phi) is 6.42. The number of amides is 2. The van der Waals surface area contributed by atoms with Crippen molar-refractivity contribution in [1.82, 2.24) is 10.2 Å². The zero-order chi connectivity index (χ0) is 18.4. The molecule has 2 rings (SSSR count). The number of para-hydroxylation sites is 1. The van der Waals surface area contributed by atoms with Crippen molar-refractivity contribution in [3.8, 4) is 5.75 Å². The molecule has 0 aromatic heterocycles. The highest BCUT2D eigenvalue weighted by Gasteiger charge is 2.20. The second-order valence-electron chi connectivity index (χ2n) is 5.66. The molecule has 132 valence electrons. The van der Waals surface area contributed by atoms with Crippen LogP contribution >= 0.6 is 11.6 Å². The van der Waals surface area contributed by atoms with Crippen molar-refractivity contribution in [1.29, 1.82) is 0 Å². The van der Waals surface area contributed by atoms with Gasteiger partial charge in [-0.25, -0.2) is 0 Å². The SMILES string of the molecule is CNC(=O)c1ccc(CN(C)C(=O)C(C)Oc2ccccc2Cl)cc1. The lowest BCUT2D eigenvalue weighted by atomic mass is 10.1. The van der Waals surface area contributed by atoms with Gasteiger partial charge in [0.1, 0.15) is 5.75 Å². The third-order valence-electron chi connectivity index (χ3n) is 3.73. The first-order valence-corrected chi connectivity index (χ1v) is 8.27. The highest BCUT2D eigenvalue weighted by molar-refractivity contribution is 6.32. The largest absolute Gasteiger partial charge is 0.479 e. The maximum absolute atomic E-state index is 12.5. The van der Waals surface area contributed by atoms with Crippen LogP contribution in [-0.4, -0.2) is 36.9 Å². The topological polar surface area (TPSA) is 58.6 Å². The minimum Gasteiger partial charge on any atom is -0.479 e. The van der Waals surface area contributed by atoms with Gasteiger partial charge in [0.2, 0.25) is 0 Å². The van der Waals surface area contributed by atoms with Crippen LogP contribution in [0.4, 0.5) is 0 Å². The molecule has 0 aliphatic rings. The van der Waals surface area contributed by atoms with Gasteiger partial charge in [-0.3, -0.25) is 9.59 Å². The van der Waals surface area contributed by atoms with E-state index in [2.05, 4.69) is 5.32 Å². The summed E-state index contributed by atoms with van der Waals surface area (Å²) < 4.78 is 5.65. The van der Waals surface area contributed by atoms with Gasteiger partial charge in [0.05, 0.1) is 5.02 Å². The highest BCUT2D eigenvalue weighted by atomic mass is 35.5. The van der Waals surface area contributed by atoms with Crippen molar-refractivity contribution in [2.24, 2.45) is 0 Å². The molecule has 0 aliphatic carbocycles. The molecular formula is C19H21ClN2O3. The molecule has 6 heteroatoms. The summed E-state index contributed by atoms with van der Waals surface area (Å²) in [4.78, 5) is 25.6. The number of nitrogens with zero attached hydrogens (tertiary/aromatic N) is 1. The van der Waals surface area contributed by atoms with Crippen LogP contribution in [0.2, 0.25) is 5.02 Å².